The number of benzene rings is 2. The Labute approximate surface area is 216 Å². The number of nitrogens with one attached hydrogen (secondary N) is 1. The predicted octanol–water partition coefficient (Wildman–Crippen LogP) is 6.32. The van der Waals surface area contributed by atoms with Gasteiger partial charge in [-0.15, -0.1) is 11.3 Å². The van der Waals surface area contributed by atoms with Gasteiger partial charge in [0, 0.05) is 41.9 Å². The Morgan fingerprint density at radius 1 is 1.22 bits per heavy atom. The number of hydrazone groups is 1. The molecule has 0 spiro atoms. The molecule has 1 aliphatic rings. The van der Waals surface area contributed by atoms with Crippen LogP contribution in [0.4, 0.5) is 0 Å². The number of hydrogen-bond acceptors (Lipinski definition) is 6. The summed E-state index contributed by atoms with van der Waals surface area (Å²) < 4.78 is 2.91. The van der Waals surface area contributed by atoms with Gasteiger partial charge in [0.05, 0.1) is 28.0 Å². The molecule has 1 saturated carbocycles. The van der Waals surface area contributed by atoms with Gasteiger partial charge in [0.25, 0.3) is 0 Å². The van der Waals surface area contributed by atoms with E-state index in [9.17, 15) is 5.26 Å². The molecule has 1 aliphatic carbocycles. The largest absolute Gasteiger partial charge is 0.325 e. The number of aryl methyl sites for hydroxylation is 1. The van der Waals surface area contributed by atoms with Crippen LogP contribution in [-0.4, -0.2) is 29.1 Å². The molecule has 0 amide bonds. The van der Waals surface area contributed by atoms with Gasteiger partial charge in [0.2, 0.25) is 0 Å². The molecule has 0 unspecified atom stereocenters. The van der Waals surface area contributed by atoms with Crippen LogP contribution in [0.2, 0.25) is 0 Å². The fourth-order valence-electron chi connectivity index (χ4n) is 4.63. The van der Waals surface area contributed by atoms with Crippen molar-refractivity contribution in [3.63, 3.8) is 0 Å². The smallest absolute Gasteiger partial charge is 0.101 e. The number of rotatable bonds is 6. The molecule has 2 aromatic carbocycles. The summed E-state index contributed by atoms with van der Waals surface area (Å²) in [5, 5.41) is 19.7. The Bertz CT molecular complexity index is 1420. The molecule has 0 saturated heterocycles. The molecule has 3 N–H and O–H groups in total. The third-order valence-corrected chi connectivity index (χ3v) is 7.62. The quantitative estimate of drug-likeness (QED) is 0.241. The fourth-order valence-corrected chi connectivity index (χ4v) is 5.87. The van der Waals surface area contributed by atoms with E-state index in [4.69, 9.17) is 5.73 Å². The second-order valence-electron chi connectivity index (χ2n) is 8.70. The predicted molar refractivity (Wildman–Crippen MR) is 152 cm³/mol. The molecule has 0 bridgehead atoms. The zero-order valence-corrected chi connectivity index (χ0v) is 21.7. The first-order chi connectivity index (χ1) is 17.6. The van der Waals surface area contributed by atoms with Crippen molar-refractivity contribution >= 4 is 33.2 Å². The number of nitriles is 1. The standard InChI is InChI=1S/C24H22N6S.C5H10/c1-4-15-9-10-16(11-18(15)21(13-26)29-27-2)20-14-28-30(3)23(20)24-19(12-25)17-7-5-6-8-22(17)31-24;1-2-4-5-3-1/h4-11,14,27H,1,13,26H2,2-3H3;1-5H2/b29-21-;. The van der Waals surface area contributed by atoms with Crippen LogP contribution in [0.1, 0.15) is 48.8 Å². The minimum Gasteiger partial charge on any atom is -0.325 e. The van der Waals surface area contributed by atoms with E-state index in [1.807, 2.05) is 54.3 Å². The normalized spacial score (nSPS) is 13.2. The van der Waals surface area contributed by atoms with Crippen LogP contribution < -0.4 is 11.2 Å². The molecule has 2 aromatic heterocycles. The second kappa shape index (κ2) is 11.8. The van der Waals surface area contributed by atoms with Crippen molar-refractivity contribution in [2.45, 2.75) is 32.1 Å². The molecule has 6 nitrogen and oxygen atoms in total. The summed E-state index contributed by atoms with van der Waals surface area (Å²) in [6.45, 7) is 4.21. The average Bonchev–Trinajstić information content (AvgIpc) is 3.67. The van der Waals surface area contributed by atoms with Gasteiger partial charge in [0.1, 0.15) is 6.07 Å². The van der Waals surface area contributed by atoms with Crippen LogP contribution in [0.5, 0.6) is 0 Å². The maximum Gasteiger partial charge on any atom is 0.101 e. The lowest BCUT2D eigenvalue weighted by Crippen LogP contribution is -2.19. The Hall–Kier alpha value is -3.73. The van der Waals surface area contributed by atoms with E-state index >= 15 is 0 Å². The van der Waals surface area contributed by atoms with Gasteiger partial charge in [0.15, 0.2) is 0 Å². The zero-order chi connectivity index (χ0) is 25.5. The Morgan fingerprint density at radius 2 is 1.94 bits per heavy atom. The lowest BCUT2D eigenvalue weighted by Gasteiger charge is -2.12. The van der Waals surface area contributed by atoms with Crippen molar-refractivity contribution in [3.8, 4) is 27.8 Å². The summed E-state index contributed by atoms with van der Waals surface area (Å²) in [5.74, 6) is 0. The van der Waals surface area contributed by atoms with Crippen molar-refractivity contribution < 1.29 is 0 Å². The highest BCUT2D eigenvalue weighted by Gasteiger charge is 2.21. The van der Waals surface area contributed by atoms with Crippen molar-refractivity contribution in [2.24, 2.45) is 17.9 Å². The van der Waals surface area contributed by atoms with Crippen molar-refractivity contribution in [1.29, 1.82) is 5.26 Å². The first-order valence-electron chi connectivity index (χ1n) is 12.3. The minimum absolute atomic E-state index is 0.292. The third-order valence-electron chi connectivity index (χ3n) is 6.45. The number of nitrogens with two attached hydrogens (primary N) is 1. The lowest BCUT2D eigenvalue weighted by atomic mass is 9.95. The number of nitrogens with zero attached hydrogens (tertiary/aromatic N) is 4. The van der Waals surface area contributed by atoms with E-state index in [0.717, 1.165) is 48.6 Å². The Kier molecular flexibility index (Phi) is 8.32. The molecule has 1 fully saturated rings. The molecule has 0 radical (unpaired) electrons. The van der Waals surface area contributed by atoms with Gasteiger partial charge in [-0.2, -0.15) is 15.5 Å². The minimum atomic E-state index is 0.292. The lowest BCUT2D eigenvalue weighted by molar-refractivity contribution is 0.777. The highest BCUT2D eigenvalue weighted by atomic mass is 32.1. The van der Waals surface area contributed by atoms with Crippen LogP contribution in [0.25, 0.3) is 37.9 Å². The number of hydrogen-bond donors (Lipinski definition) is 2. The van der Waals surface area contributed by atoms with E-state index in [2.05, 4.69) is 34.3 Å². The molecule has 184 valence electrons. The van der Waals surface area contributed by atoms with E-state index < -0.39 is 0 Å². The van der Waals surface area contributed by atoms with Crippen molar-refractivity contribution in [2.75, 3.05) is 13.6 Å². The number of fused-ring (bicyclic) bond motifs is 1. The maximum atomic E-state index is 9.91. The van der Waals surface area contributed by atoms with Gasteiger partial charge >= 0.3 is 0 Å². The van der Waals surface area contributed by atoms with Crippen LogP contribution in [-0.2, 0) is 7.05 Å². The van der Waals surface area contributed by atoms with Gasteiger partial charge in [-0.3, -0.25) is 4.68 Å². The van der Waals surface area contributed by atoms with Gasteiger partial charge in [-0.1, -0.05) is 75.1 Å². The van der Waals surface area contributed by atoms with Crippen LogP contribution in [0.3, 0.4) is 0 Å². The highest BCUT2D eigenvalue weighted by Crippen LogP contribution is 2.42. The Morgan fingerprint density at radius 3 is 2.58 bits per heavy atom. The average molecular weight is 497 g/mol. The van der Waals surface area contributed by atoms with Gasteiger partial charge in [-0.05, 0) is 23.3 Å². The van der Waals surface area contributed by atoms with Gasteiger partial charge in [-0.25, -0.2) is 0 Å². The molecule has 7 heteroatoms. The van der Waals surface area contributed by atoms with Gasteiger partial charge < -0.3 is 11.2 Å². The summed E-state index contributed by atoms with van der Waals surface area (Å²) in [7, 11) is 3.65. The molecular formula is C29H32N6S. The highest BCUT2D eigenvalue weighted by molar-refractivity contribution is 7.22. The topological polar surface area (TPSA) is 92.0 Å². The monoisotopic (exact) mass is 496 g/mol. The van der Waals surface area contributed by atoms with E-state index in [1.54, 1.807) is 24.5 Å². The molecule has 36 heavy (non-hydrogen) atoms. The molecule has 4 aromatic rings. The summed E-state index contributed by atoms with van der Waals surface area (Å²) in [6.07, 6.45) is 11.1. The molecular weight excluding hydrogens is 464 g/mol. The Balaban J connectivity index is 0.000000543. The van der Waals surface area contributed by atoms with E-state index in [0.29, 0.717) is 12.1 Å². The first kappa shape index (κ1) is 25.4. The number of thiophene rings is 1. The van der Waals surface area contributed by atoms with Crippen molar-refractivity contribution in [1.82, 2.24) is 15.2 Å². The zero-order valence-electron chi connectivity index (χ0n) is 20.9. The van der Waals surface area contributed by atoms with E-state index in [-0.39, 0.29) is 0 Å². The SMILES string of the molecule is C1CCCC1.C=Cc1ccc(-c2cnn(C)c2-c2sc3ccccc3c2C#N)cc1/C(CN)=N\NC. The molecule has 0 atom stereocenters. The summed E-state index contributed by atoms with van der Waals surface area (Å²) in [6, 6.07) is 16.5. The van der Waals surface area contributed by atoms with Crippen LogP contribution in [0.15, 0.2) is 60.3 Å². The molecule has 5 rings (SSSR count). The van der Waals surface area contributed by atoms with E-state index in [1.165, 1.54) is 32.1 Å². The summed E-state index contributed by atoms with van der Waals surface area (Å²) in [4.78, 5) is 0.913. The van der Waals surface area contributed by atoms with Crippen LogP contribution in [0, 0.1) is 11.3 Å². The second-order valence-corrected chi connectivity index (χ2v) is 9.76. The molecule has 0 aliphatic heterocycles. The summed E-state index contributed by atoms with van der Waals surface area (Å²) in [5.41, 5.74) is 14.9. The first-order valence-corrected chi connectivity index (χ1v) is 13.1. The fraction of sp³-hybridized carbons (Fsp3) is 0.276. The van der Waals surface area contributed by atoms with Crippen molar-refractivity contribution in [3.05, 3.63) is 71.9 Å². The molecule has 2 heterocycles. The maximum absolute atomic E-state index is 9.91. The number of aromatic nitrogens is 2. The summed E-state index contributed by atoms with van der Waals surface area (Å²) >= 11 is 1.61. The van der Waals surface area contributed by atoms with Crippen LogP contribution >= 0.6 is 11.3 Å². The third kappa shape index (κ3) is 5.11.